The number of hydrogen-bond acceptors (Lipinski definition) is 1. The van der Waals surface area contributed by atoms with Crippen molar-refractivity contribution in [3.63, 3.8) is 0 Å². The van der Waals surface area contributed by atoms with Gasteiger partial charge in [0.1, 0.15) is 0 Å². The van der Waals surface area contributed by atoms with Crippen LogP contribution in [0.2, 0.25) is 0 Å². The Morgan fingerprint density at radius 3 is 2.21 bits per heavy atom. The minimum atomic E-state index is 0.402. The molecule has 0 saturated heterocycles. The van der Waals surface area contributed by atoms with Crippen molar-refractivity contribution in [1.82, 2.24) is 0 Å². The standard InChI is InChI=1S/C18H25N/c1-10-5-11(2)7-12(6-10)8-15(19)18-16-13-3-4-14(9-13)17(16)18/h5-7,13-18H,3-4,8-9,19H2,1-2H3. The van der Waals surface area contributed by atoms with E-state index in [0.29, 0.717) is 6.04 Å². The molecule has 2 N–H and O–H groups in total. The minimum Gasteiger partial charge on any atom is -0.327 e. The molecule has 3 aliphatic rings. The van der Waals surface area contributed by atoms with Crippen LogP contribution in [-0.4, -0.2) is 6.04 Å². The first-order chi connectivity index (χ1) is 9.13. The molecule has 0 spiro atoms. The number of aryl methyl sites for hydroxylation is 2. The summed E-state index contributed by atoms with van der Waals surface area (Å²) >= 11 is 0. The van der Waals surface area contributed by atoms with Gasteiger partial charge in [-0.05, 0) is 74.7 Å². The molecule has 1 heteroatoms. The predicted octanol–water partition coefficient (Wildman–Crippen LogP) is 3.47. The Kier molecular flexibility index (Phi) is 2.57. The van der Waals surface area contributed by atoms with Gasteiger partial charge in [-0.3, -0.25) is 0 Å². The third-order valence-electron chi connectivity index (χ3n) is 6.04. The van der Waals surface area contributed by atoms with Crippen LogP contribution in [-0.2, 0) is 6.42 Å². The zero-order valence-corrected chi connectivity index (χ0v) is 12.1. The Morgan fingerprint density at radius 2 is 1.63 bits per heavy atom. The summed E-state index contributed by atoms with van der Waals surface area (Å²) < 4.78 is 0. The Bertz CT molecular complexity index is 470. The van der Waals surface area contributed by atoms with Crippen molar-refractivity contribution in [3.8, 4) is 0 Å². The lowest BCUT2D eigenvalue weighted by Gasteiger charge is -2.17. The SMILES string of the molecule is Cc1cc(C)cc(CC(N)C2C3C4CCC(C4)C23)c1. The molecule has 0 aromatic heterocycles. The van der Waals surface area contributed by atoms with Gasteiger partial charge in [-0.25, -0.2) is 0 Å². The quantitative estimate of drug-likeness (QED) is 0.879. The van der Waals surface area contributed by atoms with E-state index in [1.165, 1.54) is 36.0 Å². The topological polar surface area (TPSA) is 26.0 Å². The number of hydrogen-bond donors (Lipinski definition) is 1. The molecule has 1 nitrogen and oxygen atoms in total. The molecule has 3 aliphatic carbocycles. The number of nitrogens with two attached hydrogens (primary N) is 1. The highest BCUT2D eigenvalue weighted by molar-refractivity contribution is 5.30. The molecule has 1 aromatic carbocycles. The Labute approximate surface area is 116 Å². The van der Waals surface area contributed by atoms with Crippen molar-refractivity contribution in [2.75, 3.05) is 0 Å². The van der Waals surface area contributed by atoms with Crippen LogP contribution in [0.15, 0.2) is 18.2 Å². The largest absolute Gasteiger partial charge is 0.327 e. The molecule has 0 aliphatic heterocycles. The monoisotopic (exact) mass is 255 g/mol. The second-order valence-corrected chi connectivity index (χ2v) is 7.43. The number of benzene rings is 1. The van der Waals surface area contributed by atoms with E-state index < -0.39 is 0 Å². The van der Waals surface area contributed by atoms with Crippen LogP contribution in [0.5, 0.6) is 0 Å². The highest BCUT2D eigenvalue weighted by Crippen LogP contribution is 2.70. The summed E-state index contributed by atoms with van der Waals surface area (Å²) in [5.74, 6) is 4.97. The van der Waals surface area contributed by atoms with Crippen LogP contribution >= 0.6 is 0 Å². The van der Waals surface area contributed by atoms with E-state index in [4.69, 9.17) is 5.73 Å². The third kappa shape index (κ3) is 1.86. The van der Waals surface area contributed by atoms with Gasteiger partial charge in [0, 0.05) is 6.04 Å². The average molecular weight is 255 g/mol. The van der Waals surface area contributed by atoms with E-state index in [1.54, 1.807) is 0 Å². The fraction of sp³-hybridized carbons (Fsp3) is 0.667. The molecule has 102 valence electrons. The van der Waals surface area contributed by atoms with Crippen molar-refractivity contribution in [2.45, 2.75) is 45.6 Å². The molecule has 4 rings (SSSR count). The van der Waals surface area contributed by atoms with Gasteiger partial charge in [-0.2, -0.15) is 0 Å². The smallest absolute Gasteiger partial charge is 0.0113 e. The lowest BCUT2D eigenvalue weighted by atomic mass is 9.93. The van der Waals surface area contributed by atoms with E-state index in [-0.39, 0.29) is 0 Å². The number of rotatable bonds is 3. The molecule has 0 amide bonds. The van der Waals surface area contributed by atoms with Crippen LogP contribution in [0.25, 0.3) is 0 Å². The zero-order valence-electron chi connectivity index (χ0n) is 12.1. The van der Waals surface area contributed by atoms with Crippen molar-refractivity contribution in [3.05, 3.63) is 34.9 Å². The van der Waals surface area contributed by atoms with Gasteiger partial charge in [0.15, 0.2) is 0 Å². The first kappa shape index (κ1) is 12.0. The van der Waals surface area contributed by atoms with E-state index >= 15 is 0 Å². The molecule has 2 bridgehead atoms. The van der Waals surface area contributed by atoms with Gasteiger partial charge in [0.05, 0.1) is 0 Å². The molecular formula is C18H25N. The minimum absolute atomic E-state index is 0.402. The summed E-state index contributed by atoms with van der Waals surface area (Å²) in [5, 5.41) is 0. The first-order valence-electron chi connectivity index (χ1n) is 7.96. The van der Waals surface area contributed by atoms with Crippen molar-refractivity contribution in [1.29, 1.82) is 0 Å². The highest BCUT2D eigenvalue weighted by atomic mass is 14.8. The lowest BCUT2D eigenvalue weighted by Crippen LogP contribution is -2.28. The average Bonchev–Trinajstić information content (AvgIpc) is 2.78. The van der Waals surface area contributed by atoms with Gasteiger partial charge in [-0.1, -0.05) is 29.3 Å². The molecule has 19 heavy (non-hydrogen) atoms. The van der Waals surface area contributed by atoms with Crippen molar-refractivity contribution < 1.29 is 0 Å². The maximum absolute atomic E-state index is 6.55. The van der Waals surface area contributed by atoms with Crippen LogP contribution in [0, 0.1) is 43.4 Å². The fourth-order valence-corrected chi connectivity index (χ4v) is 5.56. The fourth-order valence-electron chi connectivity index (χ4n) is 5.56. The first-order valence-corrected chi connectivity index (χ1v) is 7.96. The summed E-state index contributed by atoms with van der Waals surface area (Å²) in [4.78, 5) is 0. The normalized spacial score (nSPS) is 40.3. The Hall–Kier alpha value is -0.820. The summed E-state index contributed by atoms with van der Waals surface area (Å²) in [6.07, 6.45) is 5.61. The maximum Gasteiger partial charge on any atom is 0.0113 e. The van der Waals surface area contributed by atoms with Gasteiger partial charge < -0.3 is 5.73 Å². The molecule has 0 heterocycles. The maximum atomic E-state index is 6.55. The van der Waals surface area contributed by atoms with Crippen LogP contribution in [0.3, 0.4) is 0 Å². The molecule has 5 unspecified atom stereocenters. The van der Waals surface area contributed by atoms with Gasteiger partial charge in [0.2, 0.25) is 0 Å². The van der Waals surface area contributed by atoms with Crippen molar-refractivity contribution in [2.24, 2.45) is 35.3 Å². The van der Waals surface area contributed by atoms with Gasteiger partial charge in [0.25, 0.3) is 0 Å². The van der Waals surface area contributed by atoms with Crippen LogP contribution in [0.4, 0.5) is 0 Å². The van der Waals surface area contributed by atoms with Crippen LogP contribution in [0.1, 0.15) is 36.0 Å². The number of fused-ring (bicyclic) bond motifs is 5. The lowest BCUT2D eigenvalue weighted by molar-refractivity contribution is 0.409. The van der Waals surface area contributed by atoms with Crippen molar-refractivity contribution >= 4 is 0 Å². The predicted molar refractivity (Wildman–Crippen MR) is 78.9 cm³/mol. The van der Waals surface area contributed by atoms with E-state index in [1.807, 2.05) is 0 Å². The van der Waals surface area contributed by atoms with Gasteiger partial charge >= 0.3 is 0 Å². The third-order valence-corrected chi connectivity index (χ3v) is 6.04. The summed E-state index contributed by atoms with van der Waals surface area (Å²) in [7, 11) is 0. The molecule has 3 saturated carbocycles. The van der Waals surface area contributed by atoms with Crippen LogP contribution < -0.4 is 5.73 Å². The molecular weight excluding hydrogens is 230 g/mol. The molecule has 3 fully saturated rings. The van der Waals surface area contributed by atoms with Gasteiger partial charge in [-0.15, -0.1) is 0 Å². The second-order valence-electron chi connectivity index (χ2n) is 7.43. The van der Waals surface area contributed by atoms with E-state index in [2.05, 4.69) is 32.0 Å². The molecule has 1 aromatic rings. The van der Waals surface area contributed by atoms with E-state index in [0.717, 1.165) is 36.0 Å². The zero-order chi connectivity index (χ0) is 13.1. The molecule has 0 radical (unpaired) electrons. The highest BCUT2D eigenvalue weighted by Gasteiger charge is 2.65. The Balaban J connectivity index is 1.46. The second kappa shape index (κ2) is 4.09. The Morgan fingerprint density at radius 1 is 1.05 bits per heavy atom. The molecule has 5 atom stereocenters. The summed E-state index contributed by atoms with van der Waals surface area (Å²) in [6, 6.07) is 7.29. The summed E-state index contributed by atoms with van der Waals surface area (Å²) in [6.45, 7) is 4.38. The summed E-state index contributed by atoms with van der Waals surface area (Å²) in [5.41, 5.74) is 10.7. The van der Waals surface area contributed by atoms with E-state index in [9.17, 15) is 0 Å².